The highest BCUT2D eigenvalue weighted by Gasteiger charge is 2.26. The van der Waals surface area contributed by atoms with E-state index in [-0.39, 0.29) is 10.9 Å². The first kappa shape index (κ1) is 16.9. The van der Waals surface area contributed by atoms with E-state index >= 15 is 0 Å². The van der Waals surface area contributed by atoms with Crippen molar-refractivity contribution in [2.24, 2.45) is 0 Å². The monoisotopic (exact) mass is 349 g/mol. The molecule has 0 heterocycles. The minimum absolute atomic E-state index is 0.0852. The summed E-state index contributed by atoms with van der Waals surface area (Å²) in [6.07, 6.45) is 2.54. The molecule has 4 nitrogen and oxygen atoms in total. The van der Waals surface area contributed by atoms with E-state index in [2.05, 4.69) is 4.72 Å². The van der Waals surface area contributed by atoms with E-state index < -0.39 is 15.8 Å². The van der Waals surface area contributed by atoms with Crippen LogP contribution in [0.1, 0.15) is 35.6 Å². The van der Waals surface area contributed by atoms with Gasteiger partial charge in [0.15, 0.2) is 0 Å². The number of benzene rings is 2. The Bertz CT molecular complexity index is 865. The predicted octanol–water partition coefficient (Wildman–Crippen LogP) is 3.50. The fraction of sp³-hybridized carbons (Fsp3) is 0.333. The zero-order valence-electron chi connectivity index (χ0n) is 13.7. The number of aryl methyl sites for hydroxylation is 2. The fourth-order valence-electron chi connectivity index (χ4n) is 3.08. The summed E-state index contributed by atoms with van der Waals surface area (Å²) in [6, 6.07) is 9.26. The predicted molar refractivity (Wildman–Crippen MR) is 90.1 cm³/mol. The second-order valence-corrected chi connectivity index (χ2v) is 7.76. The summed E-state index contributed by atoms with van der Waals surface area (Å²) in [5.74, 6) is 0.357. The summed E-state index contributed by atoms with van der Waals surface area (Å²) in [5, 5.41) is 0. The van der Waals surface area contributed by atoms with Crippen molar-refractivity contribution in [1.29, 1.82) is 0 Å². The Labute approximate surface area is 141 Å². The molecule has 24 heavy (non-hydrogen) atoms. The number of ether oxygens (including phenoxy) is 1. The molecular weight excluding hydrogens is 329 g/mol. The molecule has 0 amide bonds. The second-order valence-electron chi connectivity index (χ2n) is 6.04. The molecule has 0 spiro atoms. The van der Waals surface area contributed by atoms with Gasteiger partial charge in [0.25, 0.3) is 0 Å². The van der Waals surface area contributed by atoms with Gasteiger partial charge in [-0.2, -0.15) is 0 Å². The number of fused-ring (bicyclic) bond motifs is 1. The molecule has 0 radical (unpaired) electrons. The first-order chi connectivity index (χ1) is 11.4. The topological polar surface area (TPSA) is 55.4 Å². The van der Waals surface area contributed by atoms with Gasteiger partial charge in [0.1, 0.15) is 11.6 Å². The van der Waals surface area contributed by atoms with Gasteiger partial charge in [0, 0.05) is 6.04 Å². The fourth-order valence-corrected chi connectivity index (χ4v) is 4.41. The Balaban J connectivity index is 1.90. The van der Waals surface area contributed by atoms with Gasteiger partial charge in [-0.3, -0.25) is 0 Å². The second kappa shape index (κ2) is 6.53. The van der Waals surface area contributed by atoms with Crippen LogP contribution in [0.15, 0.2) is 41.3 Å². The molecule has 0 bridgehead atoms. The molecule has 0 unspecified atom stereocenters. The number of sulfonamides is 1. The van der Waals surface area contributed by atoms with Crippen LogP contribution in [0.5, 0.6) is 5.75 Å². The summed E-state index contributed by atoms with van der Waals surface area (Å²) in [6.45, 7) is 1.55. The van der Waals surface area contributed by atoms with E-state index in [9.17, 15) is 12.8 Å². The lowest BCUT2D eigenvalue weighted by molar-refractivity contribution is 0.412. The lowest BCUT2D eigenvalue weighted by atomic mass is 9.88. The van der Waals surface area contributed by atoms with Crippen molar-refractivity contribution in [2.45, 2.75) is 37.1 Å². The first-order valence-electron chi connectivity index (χ1n) is 7.86. The third-order valence-electron chi connectivity index (χ3n) is 4.40. The van der Waals surface area contributed by atoms with Crippen LogP contribution in [0.3, 0.4) is 0 Å². The van der Waals surface area contributed by atoms with Gasteiger partial charge in [-0.15, -0.1) is 0 Å². The number of hydrogen-bond acceptors (Lipinski definition) is 3. The highest BCUT2D eigenvalue weighted by atomic mass is 32.2. The van der Waals surface area contributed by atoms with Gasteiger partial charge in [0.2, 0.25) is 10.0 Å². The molecule has 6 heteroatoms. The Morgan fingerprint density at radius 3 is 2.71 bits per heavy atom. The van der Waals surface area contributed by atoms with Gasteiger partial charge >= 0.3 is 0 Å². The summed E-state index contributed by atoms with van der Waals surface area (Å²) >= 11 is 0. The molecule has 1 N–H and O–H groups in total. The van der Waals surface area contributed by atoms with Crippen molar-refractivity contribution in [3.63, 3.8) is 0 Å². The summed E-state index contributed by atoms with van der Waals surface area (Å²) in [7, 11) is -2.09. The maximum absolute atomic E-state index is 13.4. The third-order valence-corrected chi connectivity index (χ3v) is 5.87. The molecule has 0 saturated carbocycles. The van der Waals surface area contributed by atoms with Gasteiger partial charge in [0.05, 0.1) is 12.0 Å². The molecule has 128 valence electrons. The van der Waals surface area contributed by atoms with Crippen molar-refractivity contribution in [2.75, 3.05) is 7.11 Å². The molecule has 0 aliphatic heterocycles. The maximum Gasteiger partial charge on any atom is 0.241 e. The van der Waals surface area contributed by atoms with Crippen LogP contribution in [0.4, 0.5) is 4.39 Å². The zero-order chi connectivity index (χ0) is 17.3. The highest BCUT2D eigenvalue weighted by Crippen LogP contribution is 2.33. The molecule has 0 aromatic heterocycles. The number of methoxy groups -OCH3 is 1. The van der Waals surface area contributed by atoms with Crippen LogP contribution in [-0.2, 0) is 16.4 Å². The van der Waals surface area contributed by atoms with E-state index in [0.717, 1.165) is 36.1 Å². The number of halogens is 1. The normalized spacial score (nSPS) is 17.4. The minimum Gasteiger partial charge on any atom is -0.497 e. The molecule has 1 aliphatic carbocycles. The Hall–Kier alpha value is -1.92. The Kier molecular flexibility index (Phi) is 4.60. The smallest absolute Gasteiger partial charge is 0.241 e. The standard InChI is InChI=1S/C18H20FNO3S/c1-12-10-15(7-9-17(12)19)24(21,22)20-18-5-3-4-13-11-14(23-2)6-8-16(13)18/h6-11,18,20H,3-5H2,1-2H3/t18-/m1/s1. The molecule has 3 rings (SSSR count). The van der Waals surface area contributed by atoms with Crippen molar-refractivity contribution in [3.8, 4) is 5.75 Å². The van der Waals surface area contributed by atoms with E-state index in [1.807, 2.05) is 18.2 Å². The molecule has 1 atom stereocenters. The van der Waals surface area contributed by atoms with Crippen molar-refractivity contribution in [1.82, 2.24) is 4.72 Å². The molecular formula is C18H20FNO3S. The maximum atomic E-state index is 13.4. The van der Waals surface area contributed by atoms with E-state index in [1.54, 1.807) is 14.0 Å². The third kappa shape index (κ3) is 3.30. The number of hydrogen-bond donors (Lipinski definition) is 1. The van der Waals surface area contributed by atoms with Crippen LogP contribution in [0, 0.1) is 12.7 Å². The lowest BCUT2D eigenvalue weighted by Gasteiger charge is -2.26. The molecule has 0 fully saturated rings. The van der Waals surface area contributed by atoms with E-state index in [0.29, 0.717) is 5.56 Å². The SMILES string of the molecule is COc1ccc2c(c1)CCC[C@H]2NS(=O)(=O)c1ccc(F)c(C)c1. The number of rotatable bonds is 4. The van der Waals surface area contributed by atoms with Gasteiger partial charge in [-0.05, 0) is 73.2 Å². The van der Waals surface area contributed by atoms with Crippen molar-refractivity contribution >= 4 is 10.0 Å². The average molecular weight is 349 g/mol. The van der Waals surface area contributed by atoms with Gasteiger partial charge in [-0.1, -0.05) is 6.07 Å². The first-order valence-corrected chi connectivity index (χ1v) is 9.34. The summed E-state index contributed by atoms with van der Waals surface area (Å²) in [5.41, 5.74) is 2.39. The molecule has 1 aliphatic rings. The Morgan fingerprint density at radius 1 is 1.21 bits per heavy atom. The molecule has 2 aromatic carbocycles. The van der Waals surface area contributed by atoms with Crippen molar-refractivity contribution in [3.05, 3.63) is 58.9 Å². The molecule has 2 aromatic rings. The van der Waals surface area contributed by atoms with Gasteiger partial charge < -0.3 is 4.74 Å². The van der Waals surface area contributed by atoms with Crippen LogP contribution in [0.25, 0.3) is 0 Å². The zero-order valence-corrected chi connectivity index (χ0v) is 14.5. The Morgan fingerprint density at radius 2 is 2.00 bits per heavy atom. The summed E-state index contributed by atoms with van der Waals surface area (Å²) < 4.78 is 46.7. The van der Waals surface area contributed by atoms with Crippen LogP contribution in [0.2, 0.25) is 0 Å². The van der Waals surface area contributed by atoms with E-state index in [1.165, 1.54) is 18.2 Å². The van der Waals surface area contributed by atoms with Gasteiger partial charge in [-0.25, -0.2) is 17.5 Å². The minimum atomic E-state index is -3.71. The van der Waals surface area contributed by atoms with Crippen LogP contribution >= 0.6 is 0 Å². The highest BCUT2D eigenvalue weighted by molar-refractivity contribution is 7.89. The number of nitrogens with one attached hydrogen (secondary N) is 1. The summed E-state index contributed by atoms with van der Waals surface area (Å²) in [4.78, 5) is 0.0852. The lowest BCUT2D eigenvalue weighted by Crippen LogP contribution is -2.31. The quantitative estimate of drug-likeness (QED) is 0.919. The van der Waals surface area contributed by atoms with Crippen molar-refractivity contribution < 1.29 is 17.5 Å². The van der Waals surface area contributed by atoms with Crippen LogP contribution < -0.4 is 9.46 Å². The molecule has 0 saturated heterocycles. The average Bonchev–Trinajstić information content (AvgIpc) is 2.56. The van der Waals surface area contributed by atoms with Crippen LogP contribution in [-0.4, -0.2) is 15.5 Å². The largest absolute Gasteiger partial charge is 0.497 e. The van der Waals surface area contributed by atoms with E-state index in [4.69, 9.17) is 4.74 Å².